The van der Waals surface area contributed by atoms with Crippen molar-refractivity contribution in [2.75, 3.05) is 39.3 Å². The first-order chi connectivity index (χ1) is 10.6. The van der Waals surface area contributed by atoms with E-state index in [0.29, 0.717) is 18.0 Å². The Labute approximate surface area is 159 Å². The van der Waals surface area contributed by atoms with E-state index in [2.05, 4.69) is 40.9 Å². The van der Waals surface area contributed by atoms with Gasteiger partial charge in [0.1, 0.15) is 0 Å². The molecule has 2 atom stereocenters. The molecule has 0 bridgehead atoms. The average Bonchev–Trinajstić information content (AvgIpc) is 2.98. The third kappa shape index (κ3) is 6.74. The monoisotopic (exact) mass is 437 g/mol. The fourth-order valence-corrected chi connectivity index (χ4v) is 3.64. The van der Waals surface area contributed by atoms with Gasteiger partial charge in [-0.25, -0.2) is 0 Å². The Hall–Kier alpha value is -0.0800. The van der Waals surface area contributed by atoms with Crippen LogP contribution in [0, 0.1) is 5.92 Å². The first-order valence-electron chi connectivity index (χ1n) is 9.12. The van der Waals surface area contributed by atoms with Gasteiger partial charge in [0.2, 0.25) is 0 Å². The molecule has 0 aliphatic carbocycles. The highest BCUT2D eigenvalue weighted by molar-refractivity contribution is 14.0. The summed E-state index contributed by atoms with van der Waals surface area (Å²) in [6.07, 6.45) is 5.21. The number of nitrogens with one attached hydrogen (secondary N) is 1. The van der Waals surface area contributed by atoms with Crippen LogP contribution < -0.4 is 11.1 Å². The summed E-state index contributed by atoms with van der Waals surface area (Å²) < 4.78 is 0. The first-order valence-corrected chi connectivity index (χ1v) is 9.12. The highest BCUT2D eigenvalue weighted by atomic mass is 127. The minimum Gasteiger partial charge on any atom is -0.370 e. The van der Waals surface area contributed by atoms with Crippen molar-refractivity contribution < 1.29 is 0 Å². The Morgan fingerprint density at radius 1 is 1.26 bits per heavy atom. The molecule has 0 aromatic carbocycles. The van der Waals surface area contributed by atoms with Crippen LogP contribution in [-0.4, -0.2) is 67.1 Å². The highest BCUT2D eigenvalue weighted by Crippen LogP contribution is 2.18. The van der Waals surface area contributed by atoms with Gasteiger partial charge in [0.15, 0.2) is 5.96 Å². The number of guanidine groups is 1. The maximum Gasteiger partial charge on any atom is 0.188 e. The molecule has 2 saturated heterocycles. The van der Waals surface area contributed by atoms with Crippen molar-refractivity contribution in [2.45, 2.75) is 58.5 Å². The Bertz CT molecular complexity index is 355. The standard InChI is InChI=1S/C17H35N5.HI/c1-4-21-9-5-6-16(21)13-20-17(18)19-12-15(3)22-10-7-14(2)8-11-22;/h14-16H,4-13H2,1-3H3,(H3,18,19,20);1H. The van der Waals surface area contributed by atoms with Gasteiger partial charge in [0.05, 0.1) is 6.54 Å². The van der Waals surface area contributed by atoms with Crippen LogP contribution in [0.4, 0.5) is 0 Å². The molecule has 0 spiro atoms. The Morgan fingerprint density at radius 3 is 2.61 bits per heavy atom. The molecule has 2 heterocycles. The molecule has 3 N–H and O–H groups in total. The topological polar surface area (TPSA) is 56.9 Å². The van der Waals surface area contributed by atoms with Gasteiger partial charge in [-0.2, -0.15) is 0 Å². The molecule has 6 heteroatoms. The lowest BCUT2D eigenvalue weighted by Gasteiger charge is -2.34. The summed E-state index contributed by atoms with van der Waals surface area (Å²) in [6.45, 7) is 13.4. The van der Waals surface area contributed by atoms with Crippen molar-refractivity contribution in [1.29, 1.82) is 0 Å². The van der Waals surface area contributed by atoms with Crippen LogP contribution in [0.25, 0.3) is 0 Å². The van der Waals surface area contributed by atoms with E-state index in [9.17, 15) is 0 Å². The predicted molar refractivity (Wildman–Crippen MR) is 110 cm³/mol. The molecule has 2 aliphatic heterocycles. The number of halogens is 1. The predicted octanol–water partition coefficient (Wildman–Crippen LogP) is 2.11. The second-order valence-electron chi connectivity index (χ2n) is 7.10. The minimum absolute atomic E-state index is 0. The van der Waals surface area contributed by atoms with Crippen LogP contribution in [0.1, 0.15) is 46.5 Å². The van der Waals surface area contributed by atoms with E-state index in [1.54, 1.807) is 0 Å². The van der Waals surface area contributed by atoms with Gasteiger partial charge in [-0.15, -0.1) is 24.0 Å². The summed E-state index contributed by atoms with van der Waals surface area (Å²) in [5.74, 6) is 1.49. The summed E-state index contributed by atoms with van der Waals surface area (Å²) in [4.78, 5) is 9.63. The third-order valence-electron chi connectivity index (χ3n) is 5.39. The van der Waals surface area contributed by atoms with Crippen molar-refractivity contribution in [3.05, 3.63) is 0 Å². The van der Waals surface area contributed by atoms with Crippen LogP contribution in [0.3, 0.4) is 0 Å². The van der Waals surface area contributed by atoms with Crippen LogP contribution in [0.2, 0.25) is 0 Å². The van der Waals surface area contributed by atoms with Crippen molar-refractivity contribution in [3.63, 3.8) is 0 Å². The molecule has 2 fully saturated rings. The van der Waals surface area contributed by atoms with Gasteiger partial charge in [0.25, 0.3) is 0 Å². The van der Waals surface area contributed by atoms with E-state index in [-0.39, 0.29) is 24.0 Å². The van der Waals surface area contributed by atoms with Crippen molar-refractivity contribution >= 4 is 29.9 Å². The number of hydrogen-bond donors (Lipinski definition) is 2. The van der Waals surface area contributed by atoms with Crippen LogP contribution in [0.5, 0.6) is 0 Å². The zero-order chi connectivity index (χ0) is 15.9. The number of likely N-dealkylation sites (tertiary alicyclic amines) is 2. The largest absolute Gasteiger partial charge is 0.370 e. The fraction of sp³-hybridized carbons (Fsp3) is 0.941. The van der Waals surface area contributed by atoms with Gasteiger partial charge < -0.3 is 11.1 Å². The molecule has 5 nitrogen and oxygen atoms in total. The molecule has 0 radical (unpaired) electrons. The van der Waals surface area contributed by atoms with Crippen molar-refractivity contribution in [2.24, 2.45) is 16.6 Å². The second-order valence-corrected chi connectivity index (χ2v) is 7.10. The van der Waals surface area contributed by atoms with Crippen molar-refractivity contribution in [3.8, 4) is 0 Å². The summed E-state index contributed by atoms with van der Waals surface area (Å²) in [5, 5.41) is 3.32. The number of piperidine rings is 1. The minimum atomic E-state index is 0. The summed E-state index contributed by atoms with van der Waals surface area (Å²) in [5.41, 5.74) is 6.04. The Kier molecular flexibility index (Phi) is 9.77. The molecule has 2 aliphatic rings. The maximum absolute atomic E-state index is 6.04. The molecule has 0 amide bonds. The highest BCUT2D eigenvalue weighted by Gasteiger charge is 2.23. The molecule has 0 aromatic rings. The third-order valence-corrected chi connectivity index (χ3v) is 5.39. The van der Waals surface area contributed by atoms with Gasteiger partial charge >= 0.3 is 0 Å². The Morgan fingerprint density at radius 2 is 1.96 bits per heavy atom. The molecular weight excluding hydrogens is 401 g/mol. The molecule has 23 heavy (non-hydrogen) atoms. The molecular formula is C17H36IN5. The van der Waals surface area contributed by atoms with Gasteiger partial charge in [0, 0.05) is 18.6 Å². The van der Waals surface area contributed by atoms with E-state index in [1.165, 1.54) is 45.3 Å². The molecule has 2 unspecified atom stereocenters. The number of nitrogens with two attached hydrogens (primary N) is 1. The van der Waals surface area contributed by atoms with Gasteiger partial charge in [-0.3, -0.25) is 14.8 Å². The van der Waals surface area contributed by atoms with E-state index in [1.807, 2.05) is 0 Å². The lowest BCUT2D eigenvalue weighted by Crippen LogP contribution is -2.44. The number of aliphatic imine (C=N–C) groups is 1. The zero-order valence-corrected chi connectivity index (χ0v) is 17.5. The van der Waals surface area contributed by atoms with Crippen LogP contribution in [-0.2, 0) is 0 Å². The fourth-order valence-electron chi connectivity index (χ4n) is 3.64. The van der Waals surface area contributed by atoms with Crippen molar-refractivity contribution in [1.82, 2.24) is 15.1 Å². The number of likely N-dealkylation sites (N-methyl/N-ethyl adjacent to an activating group) is 1. The number of hydrogen-bond acceptors (Lipinski definition) is 3. The lowest BCUT2D eigenvalue weighted by atomic mass is 9.98. The molecule has 2 rings (SSSR count). The first kappa shape index (κ1) is 21.0. The molecule has 0 saturated carbocycles. The van der Waals surface area contributed by atoms with Crippen LogP contribution >= 0.6 is 24.0 Å². The van der Waals surface area contributed by atoms with Gasteiger partial charge in [-0.1, -0.05) is 13.8 Å². The average molecular weight is 437 g/mol. The normalized spacial score (nSPS) is 26.0. The van der Waals surface area contributed by atoms with E-state index < -0.39 is 0 Å². The smallest absolute Gasteiger partial charge is 0.188 e. The van der Waals surface area contributed by atoms with Gasteiger partial charge in [-0.05, 0) is 64.7 Å². The summed E-state index contributed by atoms with van der Waals surface area (Å²) in [6, 6.07) is 1.12. The Balaban J connectivity index is 0.00000264. The lowest BCUT2D eigenvalue weighted by molar-refractivity contribution is 0.150. The molecule has 0 aromatic heterocycles. The maximum atomic E-state index is 6.04. The van der Waals surface area contributed by atoms with Crippen LogP contribution in [0.15, 0.2) is 4.99 Å². The summed E-state index contributed by atoms with van der Waals surface area (Å²) in [7, 11) is 0. The SMILES string of the molecule is CCN1CCCC1CNC(N)=NCC(C)N1CCC(C)CC1.I. The summed E-state index contributed by atoms with van der Waals surface area (Å²) >= 11 is 0. The zero-order valence-electron chi connectivity index (χ0n) is 15.1. The quantitative estimate of drug-likeness (QED) is 0.380. The molecule has 136 valence electrons. The van der Waals surface area contributed by atoms with E-state index >= 15 is 0 Å². The van der Waals surface area contributed by atoms with E-state index in [0.717, 1.165) is 25.6 Å². The number of nitrogens with zero attached hydrogens (tertiary/aromatic N) is 3. The number of rotatable bonds is 6. The van der Waals surface area contributed by atoms with E-state index in [4.69, 9.17) is 5.73 Å². The second kappa shape index (κ2) is 10.7.